The van der Waals surface area contributed by atoms with Gasteiger partial charge in [0.25, 0.3) is 5.91 Å². The Morgan fingerprint density at radius 3 is 2.55 bits per heavy atom. The van der Waals surface area contributed by atoms with Crippen LogP contribution in [-0.4, -0.2) is 74.4 Å². The van der Waals surface area contributed by atoms with Gasteiger partial charge in [0.05, 0.1) is 12.9 Å². The average Bonchev–Trinajstić information content (AvgIpc) is 3.44. The Morgan fingerprint density at radius 1 is 1.25 bits per heavy atom. The lowest BCUT2D eigenvalue weighted by Crippen LogP contribution is -2.44. The molecule has 1 fully saturated rings. The number of aromatic nitrogens is 4. The van der Waals surface area contributed by atoms with Crippen LogP contribution >= 0.6 is 7.60 Å². The van der Waals surface area contributed by atoms with E-state index in [-0.39, 0.29) is 34.5 Å². The fourth-order valence-corrected chi connectivity index (χ4v) is 5.65. The number of hydrogen-bond acceptors (Lipinski definition) is 10. The molecular formula is C25H37N6O7PSi. The number of rotatable bonds is 9. The molecular weight excluding hydrogens is 555 g/mol. The highest BCUT2D eigenvalue weighted by atomic mass is 31.2. The van der Waals surface area contributed by atoms with E-state index in [2.05, 4.69) is 54.1 Å². The van der Waals surface area contributed by atoms with Crippen LogP contribution < -0.4 is 11.1 Å². The summed E-state index contributed by atoms with van der Waals surface area (Å²) >= 11 is 0. The van der Waals surface area contributed by atoms with Crippen molar-refractivity contribution < 1.29 is 33.0 Å². The maximum absolute atomic E-state index is 12.8. The van der Waals surface area contributed by atoms with E-state index < -0.39 is 46.2 Å². The summed E-state index contributed by atoms with van der Waals surface area (Å²) in [5, 5.41) is 13.9. The molecule has 2 aromatic heterocycles. The highest BCUT2D eigenvalue weighted by Crippen LogP contribution is 2.50. The zero-order valence-corrected chi connectivity index (χ0v) is 25.3. The van der Waals surface area contributed by atoms with E-state index in [0.29, 0.717) is 5.56 Å². The molecule has 13 nitrogen and oxygen atoms in total. The fraction of sp³-hybridized carbons (Fsp3) is 0.520. The van der Waals surface area contributed by atoms with Crippen molar-refractivity contribution in [3.05, 3.63) is 48.5 Å². The minimum atomic E-state index is -4.34. The molecule has 218 valence electrons. The number of carbonyl (C=O) groups is 1. The van der Waals surface area contributed by atoms with Crippen LogP contribution in [0.5, 0.6) is 0 Å². The monoisotopic (exact) mass is 592 g/mol. The molecule has 4 rings (SSSR count). The number of nitrogens with one attached hydrogen (secondary N) is 1. The van der Waals surface area contributed by atoms with E-state index in [1.807, 2.05) is 0 Å². The molecule has 0 bridgehead atoms. The van der Waals surface area contributed by atoms with E-state index in [9.17, 15) is 19.4 Å². The fourth-order valence-electron chi connectivity index (χ4n) is 3.87. The molecule has 0 radical (unpaired) electrons. The number of amides is 1. The van der Waals surface area contributed by atoms with Crippen LogP contribution in [0.3, 0.4) is 0 Å². The summed E-state index contributed by atoms with van der Waals surface area (Å²) in [7, 11) is -6.54. The summed E-state index contributed by atoms with van der Waals surface area (Å²) in [5.41, 5.74) is 6.64. The van der Waals surface area contributed by atoms with E-state index in [1.165, 1.54) is 24.1 Å². The van der Waals surface area contributed by atoms with Crippen LogP contribution in [0.2, 0.25) is 18.1 Å². The lowest BCUT2D eigenvalue weighted by molar-refractivity contribution is -0.0472. The first-order valence-corrected chi connectivity index (χ1v) is 17.5. The Labute approximate surface area is 233 Å². The molecule has 6 atom stereocenters. The Morgan fingerprint density at radius 2 is 1.93 bits per heavy atom. The van der Waals surface area contributed by atoms with Gasteiger partial charge >= 0.3 is 7.60 Å². The minimum absolute atomic E-state index is 0.0436. The van der Waals surface area contributed by atoms with Crippen LogP contribution in [0.15, 0.2) is 43.0 Å². The number of aliphatic hydroxyl groups excluding tert-OH is 1. The predicted octanol–water partition coefficient (Wildman–Crippen LogP) is 3.23. The van der Waals surface area contributed by atoms with Gasteiger partial charge in [0.1, 0.15) is 30.4 Å². The number of aliphatic hydroxyl groups is 1. The first-order valence-electron chi connectivity index (χ1n) is 12.9. The van der Waals surface area contributed by atoms with Crippen molar-refractivity contribution in [2.24, 2.45) is 5.73 Å². The van der Waals surface area contributed by atoms with Crippen LogP contribution in [0.25, 0.3) is 11.2 Å². The number of imidazole rings is 1. The first kappa shape index (κ1) is 30.4. The van der Waals surface area contributed by atoms with Crippen molar-refractivity contribution in [1.29, 1.82) is 0 Å². The van der Waals surface area contributed by atoms with E-state index in [4.69, 9.17) is 19.4 Å². The molecule has 5 N–H and O–H groups in total. The van der Waals surface area contributed by atoms with Gasteiger partial charge in [0.15, 0.2) is 31.5 Å². The number of fused-ring (bicyclic) bond motifs is 1. The Balaban J connectivity index is 1.66. The number of benzene rings is 1. The van der Waals surface area contributed by atoms with Gasteiger partial charge in [-0.2, -0.15) is 0 Å². The van der Waals surface area contributed by atoms with Gasteiger partial charge in [-0.1, -0.05) is 39.0 Å². The van der Waals surface area contributed by atoms with E-state index >= 15 is 0 Å². The van der Waals surface area contributed by atoms with Gasteiger partial charge in [-0.3, -0.25) is 18.5 Å². The summed E-state index contributed by atoms with van der Waals surface area (Å²) < 4.78 is 32.3. The number of ether oxygens (including phenoxy) is 1. The maximum Gasteiger partial charge on any atom is 0.344 e. The molecule has 2 unspecified atom stereocenters. The molecule has 1 aliphatic rings. The normalized spacial score (nSPS) is 24.1. The van der Waals surface area contributed by atoms with Gasteiger partial charge in [-0.05, 0) is 37.2 Å². The van der Waals surface area contributed by atoms with Crippen LogP contribution in [0, 0.1) is 0 Å². The molecule has 3 heterocycles. The summed E-state index contributed by atoms with van der Waals surface area (Å²) in [6.07, 6.45) is -1.99. The first-order chi connectivity index (χ1) is 18.6. The Kier molecular flexibility index (Phi) is 8.65. The highest BCUT2D eigenvalue weighted by Gasteiger charge is 2.50. The van der Waals surface area contributed by atoms with Crippen molar-refractivity contribution >= 4 is 38.8 Å². The maximum atomic E-state index is 12.8. The second-order valence-electron chi connectivity index (χ2n) is 11.4. The number of nitrogens with two attached hydrogens (primary N) is 1. The molecule has 1 amide bonds. The van der Waals surface area contributed by atoms with Crippen LogP contribution in [0.1, 0.15) is 44.3 Å². The standard InChI is InChI=1S/C25H37N6O7PSi/c1-15(26)39(34,35)38-20-19(32)17(12-36-40(5,6)25(2,3)4)37-24(20)31-14-29-18-21(27-13-28-22(18)31)30-23(33)16-10-8-7-9-11-16/h7-11,13-15,17,19-20,24,32H,12,26H2,1-6H3,(H,34,35)(H,27,28,30,33)/t15?,17-,19-,20-,24-/m1/s1. The second-order valence-corrected chi connectivity index (χ2v) is 18.3. The smallest absolute Gasteiger partial charge is 0.344 e. The summed E-state index contributed by atoms with van der Waals surface area (Å²) in [6.45, 7) is 11.8. The zero-order valence-electron chi connectivity index (χ0n) is 23.4. The molecule has 15 heteroatoms. The van der Waals surface area contributed by atoms with Gasteiger partial charge < -0.3 is 30.2 Å². The summed E-state index contributed by atoms with van der Waals surface area (Å²) in [5.74, 6) is -1.43. The molecule has 0 spiro atoms. The van der Waals surface area contributed by atoms with Gasteiger partial charge in [0.2, 0.25) is 0 Å². The molecule has 40 heavy (non-hydrogen) atoms. The number of hydrogen-bond donors (Lipinski definition) is 4. The average molecular weight is 593 g/mol. The number of carbonyl (C=O) groups excluding carboxylic acids is 1. The highest BCUT2D eigenvalue weighted by molar-refractivity contribution is 7.53. The zero-order chi connectivity index (χ0) is 29.5. The van der Waals surface area contributed by atoms with Crippen molar-refractivity contribution in [2.75, 3.05) is 11.9 Å². The lowest BCUT2D eigenvalue weighted by atomic mass is 10.1. The van der Waals surface area contributed by atoms with Crippen LogP contribution in [-0.2, 0) is 18.3 Å². The molecule has 3 aromatic rings. The molecule has 1 aromatic carbocycles. The topological polar surface area (TPSA) is 184 Å². The largest absolute Gasteiger partial charge is 0.414 e. The third-order valence-electron chi connectivity index (χ3n) is 7.42. The van der Waals surface area contributed by atoms with Gasteiger partial charge in [-0.15, -0.1) is 0 Å². The summed E-state index contributed by atoms with van der Waals surface area (Å²) in [4.78, 5) is 36.0. The number of nitrogens with zero attached hydrogens (tertiary/aromatic N) is 4. The van der Waals surface area contributed by atoms with E-state index in [0.717, 1.165) is 0 Å². The quantitative estimate of drug-likeness (QED) is 0.211. The van der Waals surface area contributed by atoms with Crippen LogP contribution in [0.4, 0.5) is 5.82 Å². The van der Waals surface area contributed by atoms with Gasteiger partial charge in [0, 0.05) is 5.56 Å². The van der Waals surface area contributed by atoms with Crippen molar-refractivity contribution in [3.63, 3.8) is 0 Å². The minimum Gasteiger partial charge on any atom is -0.414 e. The summed E-state index contributed by atoms with van der Waals surface area (Å²) in [6, 6.07) is 8.63. The third-order valence-corrected chi connectivity index (χ3v) is 13.5. The second kappa shape index (κ2) is 11.4. The van der Waals surface area contributed by atoms with E-state index in [1.54, 1.807) is 30.3 Å². The Hall–Kier alpha value is -2.55. The van der Waals surface area contributed by atoms with Crippen molar-refractivity contribution in [1.82, 2.24) is 19.5 Å². The van der Waals surface area contributed by atoms with Crippen molar-refractivity contribution in [3.8, 4) is 0 Å². The van der Waals surface area contributed by atoms with Crippen molar-refractivity contribution in [2.45, 2.75) is 76.1 Å². The lowest BCUT2D eigenvalue weighted by Gasteiger charge is -2.37. The van der Waals surface area contributed by atoms with Gasteiger partial charge in [-0.25, -0.2) is 15.0 Å². The molecule has 0 saturated carbocycles. The Bertz CT molecular complexity index is 1400. The molecule has 1 saturated heterocycles. The number of anilines is 1. The molecule has 1 aliphatic heterocycles. The molecule has 0 aliphatic carbocycles. The predicted molar refractivity (Wildman–Crippen MR) is 151 cm³/mol. The SMILES string of the molecule is CC(N)P(=O)(O)O[C@@H]1[C@H](O)[C@@H](CO[Si](C)(C)C(C)(C)C)O[C@H]1n1cnc2c(NC(=O)c3ccccc3)ncnc21. The third kappa shape index (κ3) is 6.19.